The molecular weight excluding hydrogens is 348 g/mol. The number of piperidine rings is 1. The molecule has 1 aromatic carbocycles. The van der Waals surface area contributed by atoms with E-state index in [0.29, 0.717) is 24.5 Å². The molecule has 0 radical (unpaired) electrons. The van der Waals surface area contributed by atoms with Crippen LogP contribution in [0.4, 0.5) is 0 Å². The van der Waals surface area contributed by atoms with Gasteiger partial charge in [-0.25, -0.2) is 4.98 Å². The highest BCUT2D eigenvalue weighted by atomic mass is 16.2. The molecule has 0 saturated carbocycles. The minimum Gasteiger partial charge on any atom is -0.337 e. The Kier molecular flexibility index (Phi) is 5.81. The van der Waals surface area contributed by atoms with Crippen LogP contribution in [-0.2, 0) is 17.8 Å². The number of imidazole rings is 1. The van der Waals surface area contributed by atoms with Crippen molar-refractivity contribution in [3.63, 3.8) is 0 Å². The number of rotatable bonds is 4. The number of hydrogen-bond acceptors (Lipinski definition) is 3. The normalized spacial score (nSPS) is 25.9. The zero-order chi connectivity index (χ0) is 19.5. The van der Waals surface area contributed by atoms with Gasteiger partial charge < -0.3 is 14.4 Å². The van der Waals surface area contributed by atoms with E-state index in [1.807, 2.05) is 10.8 Å². The lowest BCUT2D eigenvalue weighted by molar-refractivity contribution is -0.138. The molecule has 2 saturated heterocycles. The standard InChI is InChI=1S/C23H32N4O/c1-3-21-24-13-16-26(21)17-22(28)27-15-12-19(18-9-5-4-6-10-18)23-20(27)11-7-8-14-25(23)2/h4-6,9-10,13,16,19-20,23H,3,7-8,11-12,14-15,17H2,1-2H3/t19-,20-,23-/m1/s1. The van der Waals surface area contributed by atoms with Gasteiger partial charge in [0.25, 0.3) is 0 Å². The van der Waals surface area contributed by atoms with Gasteiger partial charge in [0.05, 0.1) is 0 Å². The van der Waals surface area contributed by atoms with Crippen molar-refractivity contribution in [2.45, 2.75) is 63.6 Å². The fourth-order valence-corrected chi connectivity index (χ4v) is 5.27. The minimum atomic E-state index is 0.240. The Hall–Kier alpha value is -2.14. The van der Waals surface area contributed by atoms with Crippen molar-refractivity contribution in [1.82, 2.24) is 19.4 Å². The zero-order valence-electron chi connectivity index (χ0n) is 17.1. The van der Waals surface area contributed by atoms with Crippen molar-refractivity contribution < 1.29 is 4.79 Å². The van der Waals surface area contributed by atoms with E-state index >= 15 is 0 Å². The van der Waals surface area contributed by atoms with E-state index in [1.165, 1.54) is 18.4 Å². The van der Waals surface area contributed by atoms with Crippen LogP contribution in [0.1, 0.15) is 49.9 Å². The minimum absolute atomic E-state index is 0.240. The Morgan fingerprint density at radius 1 is 1.14 bits per heavy atom. The van der Waals surface area contributed by atoms with Gasteiger partial charge in [0.1, 0.15) is 12.4 Å². The maximum Gasteiger partial charge on any atom is 0.242 e. The van der Waals surface area contributed by atoms with Crippen LogP contribution >= 0.6 is 0 Å². The third-order valence-corrected chi connectivity index (χ3v) is 6.63. The Labute approximate surface area is 168 Å². The summed E-state index contributed by atoms with van der Waals surface area (Å²) >= 11 is 0. The fourth-order valence-electron chi connectivity index (χ4n) is 5.27. The number of likely N-dealkylation sites (tertiary alicyclic amines) is 2. The van der Waals surface area contributed by atoms with Gasteiger partial charge in [-0.2, -0.15) is 0 Å². The second-order valence-corrected chi connectivity index (χ2v) is 8.25. The van der Waals surface area contributed by atoms with Crippen molar-refractivity contribution in [3.05, 3.63) is 54.1 Å². The molecule has 150 valence electrons. The molecule has 5 heteroatoms. The molecule has 2 aliphatic heterocycles. The molecule has 2 fully saturated rings. The highest BCUT2D eigenvalue weighted by molar-refractivity contribution is 5.76. The summed E-state index contributed by atoms with van der Waals surface area (Å²) in [6.07, 6.45) is 9.14. The van der Waals surface area contributed by atoms with Gasteiger partial charge in [-0.3, -0.25) is 4.79 Å². The number of likely N-dealkylation sites (N-methyl/N-ethyl adjacent to an activating group) is 1. The van der Waals surface area contributed by atoms with Gasteiger partial charge in [0.15, 0.2) is 0 Å². The zero-order valence-corrected chi connectivity index (χ0v) is 17.1. The lowest BCUT2D eigenvalue weighted by Gasteiger charge is -2.48. The summed E-state index contributed by atoms with van der Waals surface area (Å²) in [7, 11) is 2.25. The number of aromatic nitrogens is 2. The molecule has 3 heterocycles. The maximum absolute atomic E-state index is 13.3. The number of fused-ring (bicyclic) bond motifs is 1. The molecule has 5 nitrogen and oxygen atoms in total. The van der Waals surface area contributed by atoms with Crippen LogP contribution < -0.4 is 0 Å². The average Bonchev–Trinajstić information content (AvgIpc) is 3.08. The third-order valence-electron chi connectivity index (χ3n) is 6.63. The Balaban J connectivity index is 1.59. The summed E-state index contributed by atoms with van der Waals surface area (Å²) in [5.41, 5.74) is 1.42. The summed E-state index contributed by atoms with van der Waals surface area (Å²) in [6, 6.07) is 11.6. The first kappa shape index (κ1) is 19.2. The molecule has 28 heavy (non-hydrogen) atoms. The average molecular weight is 381 g/mol. The predicted molar refractivity (Wildman–Crippen MR) is 111 cm³/mol. The molecule has 3 atom stereocenters. The smallest absolute Gasteiger partial charge is 0.242 e. The first-order valence-corrected chi connectivity index (χ1v) is 10.7. The van der Waals surface area contributed by atoms with Crippen molar-refractivity contribution >= 4 is 5.91 Å². The highest BCUT2D eigenvalue weighted by Gasteiger charge is 2.43. The summed E-state index contributed by atoms with van der Waals surface area (Å²) in [5.74, 6) is 1.73. The second-order valence-electron chi connectivity index (χ2n) is 8.25. The SMILES string of the molecule is CCc1nccn1CC(=O)N1CC[C@H](c2ccccc2)[C@@H]2[C@H]1CCCCN2C. The molecule has 0 N–H and O–H groups in total. The Bertz CT molecular complexity index is 787. The molecule has 0 bridgehead atoms. The quantitative estimate of drug-likeness (QED) is 0.817. The van der Waals surface area contributed by atoms with Crippen LogP contribution in [0.25, 0.3) is 0 Å². The van der Waals surface area contributed by atoms with Crippen LogP contribution in [0.15, 0.2) is 42.7 Å². The van der Waals surface area contributed by atoms with Crippen LogP contribution in [0.2, 0.25) is 0 Å². The summed E-state index contributed by atoms with van der Waals surface area (Å²) in [6.45, 7) is 4.47. The lowest BCUT2D eigenvalue weighted by atomic mass is 9.79. The van der Waals surface area contributed by atoms with E-state index < -0.39 is 0 Å². The number of benzene rings is 1. The Morgan fingerprint density at radius 2 is 1.96 bits per heavy atom. The Morgan fingerprint density at radius 3 is 2.75 bits per heavy atom. The molecule has 4 rings (SSSR count). The van der Waals surface area contributed by atoms with Gasteiger partial charge >= 0.3 is 0 Å². The number of carbonyl (C=O) groups is 1. The number of hydrogen-bond donors (Lipinski definition) is 0. The van der Waals surface area contributed by atoms with Crippen molar-refractivity contribution in [3.8, 4) is 0 Å². The van der Waals surface area contributed by atoms with Gasteiger partial charge in [-0.15, -0.1) is 0 Å². The molecule has 1 amide bonds. The number of carbonyl (C=O) groups excluding carboxylic acids is 1. The third kappa shape index (κ3) is 3.72. The van der Waals surface area contributed by atoms with Crippen molar-refractivity contribution in [1.29, 1.82) is 0 Å². The van der Waals surface area contributed by atoms with E-state index in [0.717, 1.165) is 38.2 Å². The van der Waals surface area contributed by atoms with Crippen LogP contribution in [-0.4, -0.2) is 57.5 Å². The summed E-state index contributed by atoms with van der Waals surface area (Å²) in [4.78, 5) is 22.4. The van der Waals surface area contributed by atoms with Crippen LogP contribution in [0.5, 0.6) is 0 Å². The lowest BCUT2D eigenvalue weighted by Crippen LogP contribution is -2.58. The molecule has 1 aromatic heterocycles. The fraction of sp³-hybridized carbons (Fsp3) is 0.565. The number of amides is 1. The maximum atomic E-state index is 13.3. The summed E-state index contributed by atoms with van der Waals surface area (Å²) in [5, 5.41) is 0. The topological polar surface area (TPSA) is 41.4 Å². The monoisotopic (exact) mass is 380 g/mol. The van der Waals surface area contributed by atoms with Gasteiger partial charge in [-0.05, 0) is 38.4 Å². The highest BCUT2D eigenvalue weighted by Crippen LogP contribution is 2.38. The van der Waals surface area contributed by atoms with Gasteiger partial charge in [0.2, 0.25) is 5.91 Å². The number of nitrogens with zero attached hydrogens (tertiary/aromatic N) is 4. The van der Waals surface area contributed by atoms with Crippen LogP contribution in [0, 0.1) is 0 Å². The molecule has 0 aliphatic carbocycles. The van der Waals surface area contributed by atoms with E-state index in [9.17, 15) is 4.79 Å². The first-order chi connectivity index (χ1) is 13.7. The molecule has 2 aliphatic rings. The van der Waals surface area contributed by atoms with Crippen LogP contribution in [0.3, 0.4) is 0 Å². The number of aryl methyl sites for hydroxylation is 1. The first-order valence-electron chi connectivity index (χ1n) is 10.7. The predicted octanol–water partition coefficient (Wildman–Crippen LogP) is 3.31. The van der Waals surface area contributed by atoms with E-state index in [1.54, 1.807) is 6.20 Å². The molecule has 0 spiro atoms. The largest absolute Gasteiger partial charge is 0.337 e. The molecule has 0 unspecified atom stereocenters. The molecule has 2 aromatic rings. The molecular formula is C23H32N4O. The van der Waals surface area contributed by atoms with Crippen molar-refractivity contribution in [2.24, 2.45) is 0 Å². The van der Waals surface area contributed by atoms with E-state index in [2.05, 4.69) is 59.1 Å². The van der Waals surface area contributed by atoms with Gasteiger partial charge in [0, 0.05) is 43.4 Å². The van der Waals surface area contributed by atoms with Crippen molar-refractivity contribution in [2.75, 3.05) is 20.1 Å². The van der Waals surface area contributed by atoms with E-state index in [-0.39, 0.29) is 5.91 Å². The van der Waals surface area contributed by atoms with Gasteiger partial charge in [-0.1, -0.05) is 43.7 Å². The van der Waals surface area contributed by atoms with E-state index in [4.69, 9.17) is 0 Å². The summed E-state index contributed by atoms with van der Waals surface area (Å²) < 4.78 is 2.01. The second kappa shape index (κ2) is 8.48.